The lowest BCUT2D eigenvalue weighted by molar-refractivity contribution is 0.436. The number of hydrogen-bond donors (Lipinski definition) is 2. The molecule has 0 radical (unpaired) electrons. The molecule has 1 aromatic rings. The fourth-order valence-electron chi connectivity index (χ4n) is 0.568. The van der Waals surface area contributed by atoms with E-state index >= 15 is 0 Å². The number of aromatic hydroxyl groups is 2. The van der Waals surface area contributed by atoms with Gasteiger partial charge in [0.05, 0.1) is 0 Å². The van der Waals surface area contributed by atoms with Crippen molar-refractivity contribution in [2.75, 3.05) is 0 Å². The van der Waals surface area contributed by atoms with E-state index in [0.717, 1.165) is 0 Å². The highest BCUT2D eigenvalue weighted by Gasteiger charge is 2.03. The van der Waals surface area contributed by atoms with Gasteiger partial charge in [-0.05, 0) is 13.0 Å². The molecule has 0 aliphatic heterocycles. The molecule has 1 heterocycles. The Morgan fingerprint density at radius 2 is 2.10 bits per heavy atom. The second kappa shape index (κ2) is 2.34. The van der Waals surface area contributed by atoms with E-state index in [9.17, 15) is 0 Å². The summed E-state index contributed by atoms with van der Waals surface area (Å²) in [7, 11) is 0. The summed E-state index contributed by atoms with van der Waals surface area (Å²) in [5.41, 5.74) is 0.502. The average molecular weight is 160 g/mol. The van der Waals surface area contributed by atoms with Gasteiger partial charge in [-0.25, -0.2) is 0 Å². The monoisotopic (exact) mass is 159 g/mol. The molecule has 0 aliphatic rings. The Labute approximate surface area is 62.9 Å². The van der Waals surface area contributed by atoms with Crippen LogP contribution in [0.15, 0.2) is 6.07 Å². The number of aryl methyl sites for hydroxylation is 1. The van der Waals surface area contributed by atoms with Crippen LogP contribution in [0.2, 0.25) is 5.15 Å². The molecule has 10 heavy (non-hydrogen) atoms. The molecule has 0 unspecified atom stereocenters. The summed E-state index contributed by atoms with van der Waals surface area (Å²) in [4.78, 5) is 3.44. The highest BCUT2D eigenvalue weighted by Crippen LogP contribution is 2.25. The minimum Gasteiger partial charge on any atom is -0.505 e. The number of hydrogen-bond acceptors (Lipinski definition) is 3. The SMILES string of the molecule is Cc1cc(O)c(Cl)nc1O. The van der Waals surface area contributed by atoms with Crippen LogP contribution in [0.3, 0.4) is 0 Å². The molecule has 0 aromatic carbocycles. The number of halogens is 1. The van der Waals surface area contributed by atoms with Crippen LogP contribution < -0.4 is 0 Å². The van der Waals surface area contributed by atoms with Crippen LogP contribution >= 0.6 is 11.6 Å². The predicted octanol–water partition coefficient (Wildman–Crippen LogP) is 1.45. The molecule has 0 fully saturated rings. The van der Waals surface area contributed by atoms with E-state index in [1.807, 2.05) is 0 Å². The Kier molecular flexibility index (Phi) is 1.68. The summed E-state index contributed by atoms with van der Waals surface area (Å²) in [5, 5.41) is 17.8. The molecule has 1 aromatic heterocycles. The molecule has 0 aliphatic carbocycles. The molecule has 54 valence electrons. The molecule has 2 N–H and O–H groups in total. The second-order valence-corrected chi connectivity index (χ2v) is 2.30. The standard InChI is InChI=1S/C6H6ClNO2/c1-3-2-4(9)5(7)8-6(3)10/h2,9H,1H3,(H,8,10). The van der Waals surface area contributed by atoms with Gasteiger partial charge in [0.2, 0.25) is 5.88 Å². The maximum absolute atomic E-state index is 8.92. The number of aromatic nitrogens is 1. The van der Waals surface area contributed by atoms with Crippen LogP contribution in [0.5, 0.6) is 11.6 Å². The van der Waals surface area contributed by atoms with Crippen molar-refractivity contribution in [1.29, 1.82) is 0 Å². The summed E-state index contributed by atoms with van der Waals surface area (Å²) in [6.45, 7) is 1.62. The fraction of sp³-hybridized carbons (Fsp3) is 0.167. The van der Waals surface area contributed by atoms with Crippen molar-refractivity contribution in [3.8, 4) is 11.6 Å². The molecular formula is C6H6ClNO2. The highest BCUT2D eigenvalue weighted by molar-refractivity contribution is 6.30. The van der Waals surface area contributed by atoms with E-state index < -0.39 is 0 Å². The minimum absolute atomic E-state index is 0.0805. The fourth-order valence-corrected chi connectivity index (χ4v) is 0.702. The third-order valence-corrected chi connectivity index (χ3v) is 1.40. The van der Waals surface area contributed by atoms with E-state index in [2.05, 4.69) is 4.98 Å². The van der Waals surface area contributed by atoms with Crippen LogP contribution in [-0.2, 0) is 0 Å². The Morgan fingerprint density at radius 3 is 2.60 bits per heavy atom. The van der Waals surface area contributed by atoms with Crippen LogP contribution in [0.1, 0.15) is 5.56 Å². The zero-order valence-corrected chi connectivity index (χ0v) is 6.05. The van der Waals surface area contributed by atoms with Crippen LogP contribution in [0.4, 0.5) is 0 Å². The van der Waals surface area contributed by atoms with Crippen molar-refractivity contribution in [1.82, 2.24) is 4.98 Å². The van der Waals surface area contributed by atoms with Crippen LogP contribution in [-0.4, -0.2) is 15.2 Å². The number of nitrogens with zero attached hydrogens (tertiary/aromatic N) is 1. The first-order chi connectivity index (χ1) is 4.61. The van der Waals surface area contributed by atoms with Gasteiger partial charge >= 0.3 is 0 Å². The van der Waals surface area contributed by atoms with Crippen LogP contribution in [0, 0.1) is 6.92 Å². The van der Waals surface area contributed by atoms with E-state index in [0.29, 0.717) is 5.56 Å². The van der Waals surface area contributed by atoms with Gasteiger partial charge in [0.25, 0.3) is 0 Å². The molecule has 1 rings (SSSR count). The van der Waals surface area contributed by atoms with Crippen molar-refractivity contribution >= 4 is 11.6 Å². The Hall–Kier alpha value is -0.960. The number of pyridine rings is 1. The maximum atomic E-state index is 8.92. The topological polar surface area (TPSA) is 53.4 Å². The van der Waals surface area contributed by atoms with Gasteiger partial charge in [-0.15, -0.1) is 0 Å². The first kappa shape index (κ1) is 7.15. The first-order valence-corrected chi connectivity index (χ1v) is 3.04. The molecule has 0 amide bonds. The summed E-state index contributed by atoms with van der Waals surface area (Å²) in [5.74, 6) is -0.264. The lowest BCUT2D eigenvalue weighted by Gasteiger charge is -1.98. The quantitative estimate of drug-likeness (QED) is 0.564. The lowest BCUT2D eigenvalue weighted by atomic mass is 10.3. The van der Waals surface area contributed by atoms with Crippen molar-refractivity contribution in [2.24, 2.45) is 0 Å². The molecule has 0 bridgehead atoms. The molecule has 4 heteroatoms. The summed E-state index contributed by atoms with van der Waals surface area (Å²) >= 11 is 5.36. The minimum atomic E-state index is -0.150. The van der Waals surface area contributed by atoms with Crippen LogP contribution in [0.25, 0.3) is 0 Å². The first-order valence-electron chi connectivity index (χ1n) is 2.66. The van der Waals surface area contributed by atoms with E-state index in [4.69, 9.17) is 21.8 Å². The van der Waals surface area contributed by atoms with Gasteiger partial charge in [0.15, 0.2) is 10.9 Å². The van der Waals surface area contributed by atoms with Crippen molar-refractivity contribution in [3.63, 3.8) is 0 Å². The molecular weight excluding hydrogens is 154 g/mol. The summed E-state index contributed by atoms with van der Waals surface area (Å²) in [6, 6.07) is 1.35. The lowest BCUT2D eigenvalue weighted by Crippen LogP contribution is -1.81. The van der Waals surface area contributed by atoms with Gasteiger partial charge < -0.3 is 10.2 Å². The molecule has 0 saturated heterocycles. The van der Waals surface area contributed by atoms with Gasteiger partial charge in [0, 0.05) is 5.56 Å². The molecule has 3 nitrogen and oxygen atoms in total. The Balaban J connectivity index is 3.28. The predicted molar refractivity (Wildman–Crippen MR) is 37.3 cm³/mol. The third-order valence-electron chi connectivity index (χ3n) is 1.12. The Morgan fingerprint density at radius 1 is 1.50 bits per heavy atom. The highest BCUT2D eigenvalue weighted by atomic mass is 35.5. The Bertz CT molecular complexity index is 212. The van der Waals surface area contributed by atoms with E-state index in [-0.39, 0.29) is 16.8 Å². The van der Waals surface area contributed by atoms with Gasteiger partial charge in [-0.3, -0.25) is 0 Å². The normalized spacial score (nSPS) is 9.80. The van der Waals surface area contributed by atoms with E-state index in [1.165, 1.54) is 6.07 Å². The maximum Gasteiger partial charge on any atom is 0.215 e. The van der Waals surface area contributed by atoms with E-state index in [1.54, 1.807) is 6.92 Å². The van der Waals surface area contributed by atoms with Crippen molar-refractivity contribution in [2.45, 2.75) is 6.92 Å². The third kappa shape index (κ3) is 1.14. The average Bonchev–Trinajstić information content (AvgIpc) is 1.84. The second-order valence-electron chi connectivity index (χ2n) is 1.94. The molecule has 0 atom stereocenters. The van der Waals surface area contributed by atoms with Gasteiger partial charge in [0.1, 0.15) is 0 Å². The zero-order valence-electron chi connectivity index (χ0n) is 5.30. The van der Waals surface area contributed by atoms with Gasteiger partial charge in [-0.1, -0.05) is 11.6 Å². The largest absolute Gasteiger partial charge is 0.505 e. The summed E-state index contributed by atoms with van der Waals surface area (Å²) < 4.78 is 0. The smallest absolute Gasteiger partial charge is 0.215 e. The van der Waals surface area contributed by atoms with Gasteiger partial charge in [-0.2, -0.15) is 4.98 Å². The summed E-state index contributed by atoms with van der Waals surface area (Å²) in [6.07, 6.45) is 0. The molecule has 0 spiro atoms. The number of rotatable bonds is 0. The van der Waals surface area contributed by atoms with Crippen molar-refractivity contribution in [3.05, 3.63) is 16.8 Å². The molecule has 0 saturated carbocycles. The van der Waals surface area contributed by atoms with Crippen molar-refractivity contribution < 1.29 is 10.2 Å². The zero-order chi connectivity index (χ0) is 7.72.